The Balaban J connectivity index is 2.19. The highest BCUT2D eigenvalue weighted by molar-refractivity contribution is 9.08. The molecule has 0 saturated carbocycles. The Bertz CT molecular complexity index is 584. The lowest BCUT2D eigenvalue weighted by Gasteiger charge is -2.11. The molecule has 0 unspecified atom stereocenters. The first kappa shape index (κ1) is 14.7. The fourth-order valence-corrected chi connectivity index (χ4v) is 2.02. The van der Waals surface area contributed by atoms with Crippen LogP contribution in [0.1, 0.15) is 11.1 Å². The number of methoxy groups -OCH3 is 1. The van der Waals surface area contributed by atoms with Crippen molar-refractivity contribution in [3.8, 4) is 11.6 Å². The average molecular weight is 344 g/mol. The number of hydrogen-bond donors (Lipinski definition) is 0. The first-order chi connectivity index (χ1) is 9.65. The van der Waals surface area contributed by atoms with Crippen molar-refractivity contribution in [1.82, 2.24) is 4.98 Å². The maximum atomic E-state index is 13.8. The highest BCUT2D eigenvalue weighted by Gasteiger charge is 2.13. The molecule has 0 aliphatic rings. The molecule has 106 valence electrons. The van der Waals surface area contributed by atoms with Crippen molar-refractivity contribution in [2.24, 2.45) is 0 Å². The molecule has 2 aromatic rings. The molecule has 0 aliphatic heterocycles. The molecule has 0 saturated heterocycles. The minimum atomic E-state index is -0.734. The SMILES string of the molecule is COc1ncccc1COc1c(F)cc(CBr)cc1F. The molecule has 0 amide bonds. The van der Waals surface area contributed by atoms with E-state index in [0.29, 0.717) is 22.3 Å². The number of nitrogens with zero attached hydrogens (tertiary/aromatic N) is 1. The Morgan fingerprint density at radius 1 is 1.25 bits per heavy atom. The largest absolute Gasteiger partial charge is 0.483 e. The molecule has 1 heterocycles. The Kier molecular flexibility index (Phi) is 4.89. The van der Waals surface area contributed by atoms with Gasteiger partial charge >= 0.3 is 0 Å². The summed E-state index contributed by atoms with van der Waals surface area (Å²) >= 11 is 3.15. The predicted octanol–water partition coefficient (Wildman–Crippen LogP) is 3.84. The second-order valence-corrected chi connectivity index (χ2v) is 4.54. The number of rotatable bonds is 5. The molecule has 1 aromatic carbocycles. The summed E-state index contributed by atoms with van der Waals surface area (Å²) in [7, 11) is 1.47. The van der Waals surface area contributed by atoms with Gasteiger partial charge in [0.1, 0.15) is 6.61 Å². The Hall–Kier alpha value is -1.69. The smallest absolute Gasteiger partial charge is 0.219 e. The molecule has 6 heteroatoms. The minimum Gasteiger partial charge on any atom is -0.483 e. The first-order valence-electron chi connectivity index (χ1n) is 5.80. The molecule has 2 rings (SSSR count). The standard InChI is InChI=1S/C14H12BrF2NO2/c1-19-14-10(3-2-4-18-14)8-20-13-11(16)5-9(7-15)6-12(13)17/h2-6H,7-8H2,1H3. The van der Waals surface area contributed by atoms with Gasteiger partial charge in [0.2, 0.25) is 5.88 Å². The summed E-state index contributed by atoms with van der Waals surface area (Å²) < 4.78 is 37.8. The molecule has 0 N–H and O–H groups in total. The summed E-state index contributed by atoms with van der Waals surface area (Å²) in [6, 6.07) is 5.87. The summed E-state index contributed by atoms with van der Waals surface area (Å²) in [5.41, 5.74) is 1.12. The Morgan fingerprint density at radius 3 is 2.55 bits per heavy atom. The van der Waals surface area contributed by atoms with Crippen molar-refractivity contribution in [3.05, 3.63) is 53.2 Å². The van der Waals surface area contributed by atoms with Gasteiger partial charge in [-0.1, -0.05) is 15.9 Å². The van der Waals surface area contributed by atoms with Gasteiger partial charge in [-0.25, -0.2) is 13.8 Å². The lowest BCUT2D eigenvalue weighted by molar-refractivity contribution is 0.266. The number of aromatic nitrogens is 1. The highest BCUT2D eigenvalue weighted by atomic mass is 79.9. The van der Waals surface area contributed by atoms with Gasteiger partial charge in [0.25, 0.3) is 0 Å². The third-order valence-electron chi connectivity index (χ3n) is 2.63. The monoisotopic (exact) mass is 343 g/mol. The molecular weight excluding hydrogens is 332 g/mol. The molecule has 0 atom stereocenters. The molecular formula is C14H12BrF2NO2. The number of alkyl halides is 1. The van der Waals surface area contributed by atoms with E-state index in [0.717, 1.165) is 0 Å². The van der Waals surface area contributed by atoms with E-state index in [1.165, 1.54) is 19.2 Å². The van der Waals surface area contributed by atoms with E-state index < -0.39 is 17.4 Å². The molecule has 20 heavy (non-hydrogen) atoms. The van der Waals surface area contributed by atoms with Crippen LogP contribution >= 0.6 is 15.9 Å². The van der Waals surface area contributed by atoms with E-state index in [1.54, 1.807) is 18.3 Å². The van der Waals surface area contributed by atoms with Crippen LogP contribution in [-0.2, 0) is 11.9 Å². The van der Waals surface area contributed by atoms with Crippen molar-refractivity contribution in [1.29, 1.82) is 0 Å². The Morgan fingerprint density at radius 2 is 1.95 bits per heavy atom. The van der Waals surface area contributed by atoms with Gasteiger partial charge in [-0.05, 0) is 29.8 Å². The van der Waals surface area contributed by atoms with E-state index in [4.69, 9.17) is 9.47 Å². The zero-order valence-corrected chi connectivity index (χ0v) is 12.3. The van der Waals surface area contributed by atoms with Crippen LogP contribution in [0.25, 0.3) is 0 Å². The summed E-state index contributed by atoms with van der Waals surface area (Å²) in [5.74, 6) is -1.50. The van der Waals surface area contributed by atoms with Crippen LogP contribution in [-0.4, -0.2) is 12.1 Å². The fourth-order valence-electron chi connectivity index (χ4n) is 1.70. The fraction of sp³-hybridized carbons (Fsp3) is 0.214. The molecule has 1 aromatic heterocycles. The van der Waals surface area contributed by atoms with Gasteiger partial charge in [0.05, 0.1) is 12.7 Å². The zero-order chi connectivity index (χ0) is 14.5. The second kappa shape index (κ2) is 6.65. The Labute approximate surface area is 123 Å². The van der Waals surface area contributed by atoms with Crippen molar-refractivity contribution < 1.29 is 18.3 Å². The van der Waals surface area contributed by atoms with Gasteiger partial charge < -0.3 is 9.47 Å². The van der Waals surface area contributed by atoms with Gasteiger partial charge in [-0.3, -0.25) is 0 Å². The van der Waals surface area contributed by atoms with E-state index in [1.807, 2.05) is 0 Å². The third kappa shape index (κ3) is 3.25. The predicted molar refractivity (Wildman–Crippen MR) is 74.1 cm³/mol. The summed E-state index contributed by atoms with van der Waals surface area (Å²) in [4.78, 5) is 3.99. The molecule has 0 fully saturated rings. The second-order valence-electron chi connectivity index (χ2n) is 3.98. The van der Waals surface area contributed by atoms with Crippen LogP contribution < -0.4 is 9.47 Å². The van der Waals surface area contributed by atoms with Crippen LogP contribution in [0, 0.1) is 11.6 Å². The van der Waals surface area contributed by atoms with Crippen molar-refractivity contribution in [2.75, 3.05) is 7.11 Å². The number of benzene rings is 1. The zero-order valence-electron chi connectivity index (χ0n) is 10.7. The van der Waals surface area contributed by atoms with Gasteiger partial charge in [0, 0.05) is 11.5 Å². The maximum Gasteiger partial charge on any atom is 0.219 e. The molecule has 0 spiro atoms. The summed E-state index contributed by atoms with van der Waals surface area (Å²) in [5, 5.41) is 0.373. The van der Waals surface area contributed by atoms with E-state index >= 15 is 0 Å². The van der Waals surface area contributed by atoms with Crippen molar-refractivity contribution in [3.63, 3.8) is 0 Å². The van der Waals surface area contributed by atoms with Gasteiger partial charge in [0.15, 0.2) is 17.4 Å². The first-order valence-corrected chi connectivity index (χ1v) is 6.92. The number of ether oxygens (including phenoxy) is 2. The molecule has 3 nitrogen and oxygen atoms in total. The lowest BCUT2D eigenvalue weighted by Crippen LogP contribution is -2.03. The molecule has 0 aliphatic carbocycles. The van der Waals surface area contributed by atoms with E-state index in [2.05, 4.69) is 20.9 Å². The maximum absolute atomic E-state index is 13.8. The van der Waals surface area contributed by atoms with Crippen molar-refractivity contribution in [2.45, 2.75) is 11.9 Å². The van der Waals surface area contributed by atoms with Gasteiger partial charge in [-0.2, -0.15) is 0 Å². The summed E-state index contributed by atoms with van der Waals surface area (Å²) in [6.45, 7) is -0.0293. The van der Waals surface area contributed by atoms with Gasteiger partial charge in [-0.15, -0.1) is 0 Å². The third-order valence-corrected chi connectivity index (χ3v) is 3.28. The van der Waals surface area contributed by atoms with Crippen LogP contribution in [0.15, 0.2) is 30.5 Å². The molecule has 0 bridgehead atoms. The highest BCUT2D eigenvalue weighted by Crippen LogP contribution is 2.26. The van der Waals surface area contributed by atoms with E-state index in [-0.39, 0.29) is 6.61 Å². The topological polar surface area (TPSA) is 31.4 Å². The van der Waals surface area contributed by atoms with Crippen LogP contribution in [0.3, 0.4) is 0 Å². The van der Waals surface area contributed by atoms with Crippen LogP contribution in [0.4, 0.5) is 8.78 Å². The quantitative estimate of drug-likeness (QED) is 0.773. The van der Waals surface area contributed by atoms with Crippen LogP contribution in [0.2, 0.25) is 0 Å². The average Bonchev–Trinajstić information content (AvgIpc) is 2.46. The minimum absolute atomic E-state index is 0.0293. The normalized spacial score (nSPS) is 10.4. The number of hydrogen-bond acceptors (Lipinski definition) is 3. The van der Waals surface area contributed by atoms with E-state index in [9.17, 15) is 8.78 Å². The van der Waals surface area contributed by atoms with Crippen LogP contribution in [0.5, 0.6) is 11.6 Å². The number of pyridine rings is 1. The number of halogens is 3. The van der Waals surface area contributed by atoms with Crippen molar-refractivity contribution >= 4 is 15.9 Å². The lowest BCUT2D eigenvalue weighted by atomic mass is 10.2. The summed E-state index contributed by atoms with van der Waals surface area (Å²) in [6.07, 6.45) is 1.56. The molecule has 0 radical (unpaired) electrons.